The molecule has 0 bridgehead atoms. The van der Waals surface area contributed by atoms with E-state index in [0.717, 1.165) is 19.4 Å². The van der Waals surface area contributed by atoms with Crippen LogP contribution >= 0.6 is 11.8 Å². The lowest BCUT2D eigenvalue weighted by molar-refractivity contribution is -0.218. The molecule has 4 heteroatoms. The van der Waals surface area contributed by atoms with Crippen molar-refractivity contribution in [1.82, 2.24) is 5.06 Å². The van der Waals surface area contributed by atoms with Crippen molar-refractivity contribution in [3.8, 4) is 0 Å². The molecule has 1 aliphatic rings. The lowest BCUT2D eigenvalue weighted by atomic mass is 9.96. The molecule has 1 heterocycles. The average Bonchev–Trinajstić information content (AvgIpc) is 2.47. The summed E-state index contributed by atoms with van der Waals surface area (Å²) in [4.78, 5) is 19.1. The van der Waals surface area contributed by atoms with Crippen molar-refractivity contribution in [2.24, 2.45) is 5.41 Å². The zero-order chi connectivity index (χ0) is 15.5. The highest BCUT2D eigenvalue weighted by Gasteiger charge is 2.31. The van der Waals surface area contributed by atoms with Crippen molar-refractivity contribution in [3.63, 3.8) is 0 Å². The predicted molar refractivity (Wildman–Crippen MR) is 87.1 cm³/mol. The summed E-state index contributed by atoms with van der Waals surface area (Å²) in [5, 5.41) is 1.88. The molecule has 1 unspecified atom stereocenters. The Labute approximate surface area is 132 Å². The number of piperidine rings is 1. The fraction of sp³-hybridized carbons (Fsp3) is 0.588. The van der Waals surface area contributed by atoms with Gasteiger partial charge in [-0.2, -0.15) is 0 Å². The maximum atomic E-state index is 12.1. The Morgan fingerprint density at radius 3 is 2.48 bits per heavy atom. The fourth-order valence-corrected chi connectivity index (χ4v) is 2.83. The summed E-state index contributed by atoms with van der Waals surface area (Å²) in [6, 6.07) is 8.76. The summed E-state index contributed by atoms with van der Waals surface area (Å²) in [5.74, 6) is -0.157. The first-order valence-electron chi connectivity index (χ1n) is 7.55. The molecule has 116 valence electrons. The van der Waals surface area contributed by atoms with Gasteiger partial charge in [0.2, 0.25) is 0 Å². The minimum atomic E-state index is -0.468. The van der Waals surface area contributed by atoms with Crippen LogP contribution in [0.2, 0.25) is 0 Å². The van der Waals surface area contributed by atoms with Gasteiger partial charge in [-0.25, -0.2) is 4.79 Å². The molecule has 0 amide bonds. The summed E-state index contributed by atoms with van der Waals surface area (Å²) in [5.41, 5.74) is 0.763. The number of hydroxylamine groups is 2. The Morgan fingerprint density at radius 2 is 1.90 bits per heavy atom. The van der Waals surface area contributed by atoms with Gasteiger partial charge in [0.25, 0.3) is 0 Å². The molecule has 0 spiro atoms. The molecule has 1 atom stereocenters. The topological polar surface area (TPSA) is 29.5 Å². The van der Waals surface area contributed by atoms with Crippen LogP contribution < -0.4 is 0 Å². The third-order valence-corrected chi connectivity index (χ3v) is 4.51. The van der Waals surface area contributed by atoms with Gasteiger partial charge in [0.05, 0.1) is 11.5 Å². The second kappa shape index (κ2) is 6.84. The molecule has 0 aromatic heterocycles. The Kier molecular flexibility index (Phi) is 5.33. The molecule has 0 aliphatic carbocycles. The molecule has 3 nitrogen and oxygen atoms in total. The fourth-order valence-electron chi connectivity index (χ4n) is 2.42. The van der Waals surface area contributed by atoms with Gasteiger partial charge < -0.3 is 4.84 Å². The van der Waals surface area contributed by atoms with E-state index in [-0.39, 0.29) is 12.0 Å². The zero-order valence-electron chi connectivity index (χ0n) is 13.4. The van der Waals surface area contributed by atoms with Crippen molar-refractivity contribution in [2.75, 3.05) is 12.8 Å². The summed E-state index contributed by atoms with van der Waals surface area (Å²) >= 11 is 1.74. The van der Waals surface area contributed by atoms with E-state index in [1.165, 1.54) is 16.9 Å². The molecule has 0 saturated carbocycles. The standard InChI is InChI=1S/C17H25NO2S/c1-17(2,3)16(19)20-18-12-6-5-7-15(18)13-8-10-14(21-4)11-9-13/h8-11,15H,5-7,12H2,1-4H3. The van der Waals surface area contributed by atoms with E-state index in [4.69, 9.17) is 4.84 Å². The molecule has 1 aromatic carbocycles. The Hall–Kier alpha value is -1.00. The summed E-state index contributed by atoms with van der Waals surface area (Å²) in [7, 11) is 0. The minimum Gasteiger partial charge on any atom is -0.367 e. The first-order valence-corrected chi connectivity index (χ1v) is 8.77. The van der Waals surface area contributed by atoms with Crippen LogP contribution in [0.3, 0.4) is 0 Å². The second-order valence-corrected chi connectivity index (χ2v) is 7.43. The molecule has 1 aliphatic heterocycles. The lowest BCUT2D eigenvalue weighted by Gasteiger charge is -2.35. The van der Waals surface area contributed by atoms with E-state index in [2.05, 4.69) is 30.5 Å². The zero-order valence-corrected chi connectivity index (χ0v) is 14.2. The van der Waals surface area contributed by atoms with Gasteiger partial charge in [0.15, 0.2) is 0 Å². The van der Waals surface area contributed by atoms with Crippen molar-refractivity contribution in [2.45, 2.75) is 51.0 Å². The highest BCUT2D eigenvalue weighted by atomic mass is 32.2. The van der Waals surface area contributed by atoms with Crippen molar-refractivity contribution in [3.05, 3.63) is 29.8 Å². The molecule has 1 aromatic rings. The van der Waals surface area contributed by atoms with E-state index in [9.17, 15) is 4.79 Å². The number of thioether (sulfide) groups is 1. The SMILES string of the molecule is CSc1ccc(C2CCCCN2OC(=O)C(C)(C)C)cc1. The van der Waals surface area contributed by atoms with Crippen LogP contribution in [-0.4, -0.2) is 23.8 Å². The average molecular weight is 307 g/mol. The third kappa shape index (κ3) is 4.24. The van der Waals surface area contributed by atoms with Crippen LogP contribution in [0.1, 0.15) is 51.6 Å². The van der Waals surface area contributed by atoms with Gasteiger partial charge in [-0.3, -0.25) is 0 Å². The van der Waals surface area contributed by atoms with E-state index in [0.29, 0.717) is 0 Å². The van der Waals surface area contributed by atoms with E-state index in [1.807, 2.05) is 25.8 Å². The summed E-state index contributed by atoms with van der Waals surface area (Å²) in [6.45, 7) is 6.49. The number of benzene rings is 1. The normalized spacial score (nSPS) is 20.3. The van der Waals surface area contributed by atoms with E-state index in [1.54, 1.807) is 11.8 Å². The number of nitrogens with zero attached hydrogens (tertiary/aromatic N) is 1. The molecular formula is C17H25NO2S. The Balaban J connectivity index is 2.12. The monoisotopic (exact) mass is 307 g/mol. The van der Waals surface area contributed by atoms with Crippen LogP contribution in [0, 0.1) is 5.41 Å². The van der Waals surface area contributed by atoms with Gasteiger partial charge >= 0.3 is 5.97 Å². The smallest absolute Gasteiger partial charge is 0.330 e. The molecule has 0 radical (unpaired) electrons. The van der Waals surface area contributed by atoms with Crippen LogP contribution in [0.15, 0.2) is 29.2 Å². The minimum absolute atomic E-state index is 0.157. The maximum Gasteiger partial charge on any atom is 0.330 e. The van der Waals surface area contributed by atoms with Gasteiger partial charge in [0, 0.05) is 11.4 Å². The molecular weight excluding hydrogens is 282 g/mol. The van der Waals surface area contributed by atoms with Crippen LogP contribution in [0.4, 0.5) is 0 Å². The number of carbonyl (C=O) groups is 1. The molecule has 1 saturated heterocycles. The molecule has 2 rings (SSSR count). The largest absolute Gasteiger partial charge is 0.367 e. The Bertz CT molecular complexity index is 479. The van der Waals surface area contributed by atoms with Gasteiger partial charge in [-0.15, -0.1) is 16.8 Å². The maximum absolute atomic E-state index is 12.1. The second-order valence-electron chi connectivity index (χ2n) is 6.55. The molecule has 21 heavy (non-hydrogen) atoms. The van der Waals surface area contributed by atoms with Crippen LogP contribution in [0.5, 0.6) is 0 Å². The van der Waals surface area contributed by atoms with Crippen molar-refractivity contribution >= 4 is 17.7 Å². The number of carbonyl (C=O) groups excluding carboxylic acids is 1. The summed E-state index contributed by atoms with van der Waals surface area (Å²) in [6.07, 6.45) is 5.37. The van der Waals surface area contributed by atoms with E-state index < -0.39 is 5.41 Å². The molecule has 0 N–H and O–H groups in total. The first-order chi connectivity index (χ1) is 9.91. The lowest BCUT2D eigenvalue weighted by Crippen LogP contribution is -2.38. The quantitative estimate of drug-likeness (QED) is 0.772. The van der Waals surface area contributed by atoms with Crippen LogP contribution in [0.25, 0.3) is 0 Å². The van der Waals surface area contributed by atoms with E-state index >= 15 is 0 Å². The Morgan fingerprint density at radius 1 is 1.24 bits per heavy atom. The molecule has 1 fully saturated rings. The van der Waals surface area contributed by atoms with Gasteiger partial charge in [0.1, 0.15) is 0 Å². The number of hydrogen-bond acceptors (Lipinski definition) is 4. The van der Waals surface area contributed by atoms with Gasteiger partial charge in [-0.1, -0.05) is 18.6 Å². The number of hydrogen-bond donors (Lipinski definition) is 0. The highest BCUT2D eigenvalue weighted by Crippen LogP contribution is 2.33. The van der Waals surface area contributed by atoms with Crippen molar-refractivity contribution < 1.29 is 9.63 Å². The first kappa shape index (κ1) is 16.4. The van der Waals surface area contributed by atoms with Crippen LogP contribution in [-0.2, 0) is 9.63 Å². The number of rotatable bonds is 3. The highest BCUT2D eigenvalue weighted by molar-refractivity contribution is 7.98. The third-order valence-electron chi connectivity index (χ3n) is 3.77. The van der Waals surface area contributed by atoms with Crippen molar-refractivity contribution in [1.29, 1.82) is 0 Å². The summed E-state index contributed by atoms with van der Waals surface area (Å²) < 4.78 is 0. The van der Waals surface area contributed by atoms with Gasteiger partial charge in [-0.05, 0) is 57.6 Å². The predicted octanol–water partition coefficient (Wildman–Crippen LogP) is 4.44.